The second-order valence-electron chi connectivity index (χ2n) is 7.49. The number of nitrogens with zero attached hydrogens (tertiary/aromatic N) is 6. The Morgan fingerprint density at radius 3 is 2.74 bits per heavy atom. The van der Waals surface area contributed by atoms with Crippen LogP contribution in [0.25, 0.3) is 11.0 Å². The van der Waals surface area contributed by atoms with Crippen LogP contribution in [-0.4, -0.2) is 42.2 Å². The van der Waals surface area contributed by atoms with Crippen LogP contribution in [0.3, 0.4) is 0 Å². The molecular weight excluding hydrogens is 340 g/mol. The lowest BCUT2D eigenvalue weighted by Crippen LogP contribution is -2.31. The standard InChI is InChI=1S/C20H26N6O/c1-24(12-18-23-21-14-25(18)2)19(27)13-26-17-11-7-6-10-16(17)22-20(26)15-8-4-3-5-9-15/h6-7,10-11,14-15H,3-5,8-9,12-13H2,1-2H3. The van der Waals surface area contributed by atoms with Crippen LogP contribution in [-0.2, 0) is 24.9 Å². The molecule has 1 aliphatic rings. The Labute approximate surface area is 159 Å². The summed E-state index contributed by atoms with van der Waals surface area (Å²) in [6, 6.07) is 8.11. The quantitative estimate of drug-likeness (QED) is 0.696. The lowest BCUT2D eigenvalue weighted by atomic mass is 9.88. The fourth-order valence-electron chi connectivity index (χ4n) is 3.94. The van der Waals surface area contributed by atoms with Crippen LogP contribution in [0.5, 0.6) is 0 Å². The first kappa shape index (κ1) is 17.7. The van der Waals surface area contributed by atoms with Gasteiger partial charge in [-0.25, -0.2) is 4.98 Å². The van der Waals surface area contributed by atoms with E-state index in [1.807, 2.05) is 36.9 Å². The van der Waals surface area contributed by atoms with Gasteiger partial charge in [-0.05, 0) is 25.0 Å². The first-order chi connectivity index (χ1) is 13.1. The molecule has 0 radical (unpaired) electrons. The molecule has 0 atom stereocenters. The number of para-hydroxylation sites is 2. The molecular formula is C20H26N6O. The summed E-state index contributed by atoms with van der Waals surface area (Å²) in [5.74, 6) is 2.34. The Hall–Kier alpha value is -2.70. The van der Waals surface area contributed by atoms with Crippen LogP contribution in [0.2, 0.25) is 0 Å². The van der Waals surface area contributed by atoms with Gasteiger partial charge in [0.15, 0.2) is 5.82 Å². The zero-order valence-corrected chi connectivity index (χ0v) is 16.0. The molecule has 2 aromatic heterocycles. The minimum atomic E-state index is 0.0539. The third-order valence-corrected chi connectivity index (χ3v) is 5.56. The molecule has 1 aromatic carbocycles. The Bertz CT molecular complexity index is 937. The molecule has 1 aliphatic carbocycles. The number of fused-ring (bicyclic) bond motifs is 1. The van der Waals surface area contributed by atoms with Gasteiger partial charge in [0.05, 0.1) is 17.6 Å². The fourth-order valence-corrected chi connectivity index (χ4v) is 3.94. The third-order valence-electron chi connectivity index (χ3n) is 5.56. The van der Waals surface area contributed by atoms with Crippen molar-refractivity contribution in [3.8, 4) is 0 Å². The largest absolute Gasteiger partial charge is 0.337 e. The molecule has 1 amide bonds. The number of benzene rings is 1. The molecule has 7 heteroatoms. The normalized spacial score (nSPS) is 15.3. The van der Waals surface area contributed by atoms with E-state index in [4.69, 9.17) is 4.98 Å². The summed E-state index contributed by atoms with van der Waals surface area (Å²) in [5.41, 5.74) is 2.01. The second kappa shape index (κ2) is 7.50. The maximum absolute atomic E-state index is 12.9. The van der Waals surface area contributed by atoms with Crippen molar-refractivity contribution in [3.05, 3.63) is 42.2 Å². The summed E-state index contributed by atoms with van der Waals surface area (Å²) in [6.07, 6.45) is 7.76. The molecule has 0 N–H and O–H groups in total. The van der Waals surface area contributed by atoms with Gasteiger partial charge in [0, 0.05) is 20.0 Å². The molecule has 0 spiro atoms. The van der Waals surface area contributed by atoms with E-state index in [1.165, 1.54) is 19.3 Å². The van der Waals surface area contributed by atoms with Crippen LogP contribution in [0.15, 0.2) is 30.6 Å². The van der Waals surface area contributed by atoms with Crippen molar-refractivity contribution in [2.75, 3.05) is 7.05 Å². The molecule has 1 fully saturated rings. The maximum atomic E-state index is 12.9. The Morgan fingerprint density at radius 2 is 2.00 bits per heavy atom. The van der Waals surface area contributed by atoms with Crippen molar-refractivity contribution in [1.29, 1.82) is 0 Å². The minimum Gasteiger partial charge on any atom is -0.337 e. The van der Waals surface area contributed by atoms with Crippen LogP contribution >= 0.6 is 0 Å². The Kier molecular flexibility index (Phi) is 4.92. The van der Waals surface area contributed by atoms with Gasteiger partial charge in [-0.2, -0.15) is 0 Å². The topological polar surface area (TPSA) is 68.8 Å². The third kappa shape index (κ3) is 3.59. The number of amides is 1. The SMILES string of the molecule is CN(Cc1nncn1C)C(=O)Cn1c(C2CCCCC2)nc2ccccc21. The van der Waals surface area contributed by atoms with Crippen molar-refractivity contribution in [3.63, 3.8) is 0 Å². The van der Waals surface area contributed by atoms with Crippen LogP contribution in [0.1, 0.15) is 49.7 Å². The molecule has 3 aromatic rings. The highest BCUT2D eigenvalue weighted by atomic mass is 16.2. The highest BCUT2D eigenvalue weighted by molar-refractivity contribution is 5.81. The fraction of sp³-hybridized carbons (Fsp3) is 0.500. The van der Waals surface area contributed by atoms with Crippen LogP contribution in [0.4, 0.5) is 0 Å². The molecule has 0 aliphatic heterocycles. The number of hydrogen-bond acceptors (Lipinski definition) is 4. The van der Waals surface area contributed by atoms with E-state index in [0.717, 1.165) is 35.5 Å². The predicted molar refractivity (Wildman–Crippen MR) is 103 cm³/mol. The van der Waals surface area contributed by atoms with Gasteiger partial charge in [0.25, 0.3) is 0 Å². The molecule has 2 heterocycles. The van der Waals surface area contributed by atoms with Crippen LogP contribution < -0.4 is 0 Å². The van der Waals surface area contributed by atoms with Gasteiger partial charge in [0.2, 0.25) is 5.91 Å². The second-order valence-corrected chi connectivity index (χ2v) is 7.49. The summed E-state index contributed by atoms with van der Waals surface area (Å²) in [7, 11) is 3.70. The van der Waals surface area contributed by atoms with Crippen molar-refractivity contribution in [2.45, 2.75) is 51.1 Å². The minimum absolute atomic E-state index is 0.0539. The molecule has 0 saturated heterocycles. The van der Waals surface area contributed by atoms with Gasteiger partial charge in [-0.3, -0.25) is 4.79 Å². The zero-order chi connectivity index (χ0) is 18.8. The van der Waals surface area contributed by atoms with Gasteiger partial charge in [-0.1, -0.05) is 31.4 Å². The number of likely N-dealkylation sites (N-methyl/N-ethyl adjacent to an activating group) is 1. The summed E-state index contributed by atoms with van der Waals surface area (Å²) >= 11 is 0. The lowest BCUT2D eigenvalue weighted by molar-refractivity contribution is -0.131. The summed E-state index contributed by atoms with van der Waals surface area (Å²) in [5, 5.41) is 7.96. The van der Waals surface area contributed by atoms with Gasteiger partial charge < -0.3 is 14.0 Å². The summed E-state index contributed by atoms with van der Waals surface area (Å²) in [6.45, 7) is 0.751. The van der Waals surface area contributed by atoms with E-state index >= 15 is 0 Å². The number of aromatic nitrogens is 5. The van der Waals surface area contributed by atoms with E-state index < -0.39 is 0 Å². The van der Waals surface area contributed by atoms with Crippen molar-refractivity contribution in [2.24, 2.45) is 7.05 Å². The molecule has 1 saturated carbocycles. The van der Waals surface area contributed by atoms with Crippen molar-refractivity contribution in [1.82, 2.24) is 29.2 Å². The molecule has 142 valence electrons. The molecule has 4 rings (SSSR count). The number of carbonyl (C=O) groups is 1. The number of rotatable bonds is 5. The van der Waals surface area contributed by atoms with E-state index in [0.29, 0.717) is 19.0 Å². The average Bonchev–Trinajstić information content (AvgIpc) is 3.26. The van der Waals surface area contributed by atoms with Gasteiger partial charge >= 0.3 is 0 Å². The van der Waals surface area contributed by atoms with Crippen molar-refractivity contribution >= 4 is 16.9 Å². The lowest BCUT2D eigenvalue weighted by Gasteiger charge is -2.23. The highest BCUT2D eigenvalue weighted by Gasteiger charge is 2.24. The number of hydrogen-bond donors (Lipinski definition) is 0. The summed E-state index contributed by atoms with van der Waals surface area (Å²) in [4.78, 5) is 19.6. The number of carbonyl (C=O) groups excluding carboxylic acids is 1. The van der Waals surface area contributed by atoms with Crippen molar-refractivity contribution < 1.29 is 4.79 Å². The zero-order valence-electron chi connectivity index (χ0n) is 16.0. The van der Waals surface area contributed by atoms with E-state index in [9.17, 15) is 4.79 Å². The first-order valence-electron chi connectivity index (χ1n) is 9.65. The highest BCUT2D eigenvalue weighted by Crippen LogP contribution is 2.34. The van der Waals surface area contributed by atoms with E-state index in [2.05, 4.69) is 20.8 Å². The Morgan fingerprint density at radius 1 is 1.22 bits per heavy atom. The molecule has 27 heavy (non-hydrogen) atoms. The molecule has 0 bridgehead atoms. The van der Waals surface area contributed by atoms with Gasteiger partial charge in [0.1, 0.15) is 18.7 Å². The van der Waals surface area contributed by atoms with E-state index in [-0.39, 0.29) is 5.91 Å². The first-order valence-corrected chi connectivity index (χ1v) is 9.65. The number of imidazole rings is 1. The molecule has 0 unspecified atom stereocenters. The van der Waals surface area contributed by atoms with Crippen LogP contribution in [0, 0.1) is 0 Å². The molecule has 7 nitrogen and oxygen atoms in total. The predicted octanol–water partition coefficient (Wildman–Crippen LogP) is 2.87. The van der Waals surface area contributed by atoms with Gasteiger partial charge in [-0.15, -0.1) is 10.2 Å². The average molecular weight is 366 g/mol. The Balaban J connectivity index is 1.60. The monoisotopic (exact) mass is 366 g/mol. The maximum Gasteiger partial charge on any atom is 0.242 e. The van der Waals surface area contributed by atoms with E-state index in [1.54, 1.807) is 11.2 Å². The number of aryl methyl sites for hydroxylation is 1. The smallest absolute Gasteiger partial charge is 0.242 e. The summed E-state index contributed by atoms with van der Waals surface area (Å²) < 4.78 is 3.96.